The van der Waals surface area contributed by atoms with Gasteiger partial charge < -0.3 is 19.9 Å². The zero-order chi connectivity index (χ0) is 21.7. The molecule has 0 bridgehead atoms. The van der Waals surface area contributed by atoms with E-state index in [1.807, 2.05) is 76.5 Å². The van der Waals surface area contributed by atoms with Gasteiger partial charge in [-0.3, -0.25) is 9.59 Å². The number of carbonyl (C=O) groups excluding carboxylic acids is 2. The number of amides is 2. The van der Waals surface area contributed by atoms with E-state index in [1.54, 1.807) is 4.90 Å². The van der Waals surface area contributed by atoms with Gasteiger partial charge in [0.05, 0.1) is 0 Å². The summed E-state index contributed by atoms with van der Waals surface area (Å²) >= 11 is 0. The zero-order valence-electron chi connectivity index (χ0n) is 18.2. The van der Waals surface area contributed by atoms with Crippen LogP contribution in [0.25, 0.3) is 0 Å². The molecule has 0 saturated heterocycles. The molecule has 1 aliphatic rings. The van der Waals surface area contributed by atoms with Crippen LogP contribution in [-0.4, -0.2) is 54.9 Å². The Bertz CT molecular complexity index is 880. The number of anilines is 1. The van der Waals surface area contributed by atoms with E-state index >= 15 is 0 Å². The van der Waals surface area contributed by atoms with Crippen molar-refractivity contribution in [3.8, 4) is 5.75 Å². The summed E-state index contributed by atoms with van der Waals surface area (Å²) in [7, 11) is 4.00. The summed E-state index contributed by atoms with van der Waals surface area (Å²) in [6, 6.07) is 14.4. The second-order valence-electron chi connectivity index (χ2n) is 8.09. The largest absolute Gasteiger partial charge is 0.492 e. The van der Waals surface area contributed by atoms with Gasteiger partial charge in [-0.25, -0.2) is 0 Å². The van der Waals surface area contributed by atoms with Gasteiger partial charge in [-0.05, 0) is 55.9 Å². The van der Waals surface area contributed by atoms with Crippen LogP contribution in [0.1, 0.15) is 36.2 Å². The highest BCUT2D eigenvalue weighted by atomic mass is 16.5. The molecule has 1 heterocycles. The second-order valence-corrected chi connectivity index (χ2v) is 8.09. The summed E-state index contributed by atoms with van der Waals surface area (Å²) in [6.45, 7) is 5.96. The summed E-state index contributed by atoms with van der Waals surface area (Å²) < 4.78 is 5.70. The standard InChI is InChI=1S/C24H31N3O3/c1-5-17(2)22(27-16-18-8-6-7-9-21(18)24(27)29)23(28)25-19-10-12-20(13-11-19)30-15-14-26(3)4/h6-13,17,22H,5,14-16H2,1-4H3,(H,25,28). The number of nitrogens with zero attached hydrogens (tertiary/aromatic N) is 2. The lowest BCUT2D eigenvalue weighted by atomic mass is 9.96. The van der Waals surface area contributed by atoms with Crippen molar-refractivity contribution in [2.24, 2.45) is 5.92 Å². The molecular weight excluding hydrogens is 378 g/mol. The van der Waals surface area contributed by atoms with E-state index in [9.17, 15) is 9.59 Å². The fourth-order valence-electron chi connectivity index (χ4n) is 3.63. The van der Waals surface area contributed by atoms with Gasteiger partial charge in [0.15, 0.2) is 0 Å². The Kier molecular flexibility index (Phi) is 7.11. The van der Waals surface area contributed by atoms with E-state index < -0.39 is 6.04 Å². The molecule has 6 nitrogen and oxygen atoms in total. The molecule has 30 heavy (non-hydrogen) atoms. The Balaban J connectivity index is 1.69. The van der Waals surface area contributed by atoms with Crippen molar-refractivity contribution in [3.63, 3.8) is 0 Å². The molecule has 2 aromatic carbocycles. The van der Waals surface area contributed by atoms with Gasteiger partial charge in [0.25, 0.3) is 5.91 Å². The molecule has 0 aromatic heterocycles. The molecule has 3 rings (SSSR count). The lowest BCUT2D eigenvalue weighted by Crippen LogP contribution is -2.48. The zero-order valence-corrected chi connectivity index (χ0v) is 18.2. The number of likely N-dealkylation sites (N-methyl/N-ethyl adjacent to an activating group) is 1. The maximum absolute atomic E-state index is 13.2. The maximum Gasteiger partial charge on any atom is 0.255 e. The molecule has 160 valence electrons. The summed E-state index contributed by atoms with van der Waals surface area (Å²) in [5.74, 6) is 0.567. The first-order chi connectivity index (χ1) is 14.4. The van der Waals surface area contributed by atoms with Crippen LogP contribution in [0.3, 0.4) is 0 Å². The number of benzene rings is 2. The first kappa shape index (κ1) is 21.8. The van der Waals surface area contributed by atoms with Gasteiger partial charge in [0.2, 0.25) is 5.91 Å². The smallest absolute Gasteiger partial charge is 0.255 e. The highest BCUT2D eigenvalue weighted by Crippen LogP contribution is 2.29. The van der Waals surface area contributed by atoms with E-state index in [-0.39, 0.29) is 17.7 Å². The molecule has 2 unspecified atom stereocenters. The SMILES string of the molecule is CCC(C)C(C(=O)Nc1ccc(OCCN(C)C)cc1)N1Cc2ccccc2C1=O. The van der Waals surface area contributed by atoms with Crippen molar-refractivity contribution < 1.29 is 14.3 Å². The van der Waals surface area contributed by atoms with Crippen molar-refractivity contribution >= 4 is 17.5 Å². The van der Waals surface area contributed by atoms with E-state index in [4.69, 9.17) is 4.74 Å². The van der Waals surface area contributed by atoms with Crippen LogP contribution in [0, 0.1) is 5.92 Å². The highest BCUT2D eigenvalue weighted by Gasteiger charge is 2.38. The quantitative estimate of drug-likeness (QED) is 0.687. The molecule has 2 amide bonds. The first-order valence-electron chi connectivity index (χ1n) is 10.5. The highest BCUT2D eigenvalue weighted by molar-refractivity contribution is 6.03. The van der Waals surface area contributed by atoms with Crippen molar-refractivity contribution in [1.29, 1.82) is 0 Å². The van der Waals surface area contributed by atoms with Gasteiger partial charge in [-0.2, -0.15) is 0 Å². The first-order valence-corrected chi connectivity index (χ1v) is 10.5. The van der Waals surface area contributed by atoms with Gasteiger partial charge >= 0.3 is 0 Å². The lowest BCUT2D eigenvalue weighted by molar-refractivity contribution is -0.122. The Hall–Kier alpha value is -2.86. The number of rotatable bonds is 9. The van der Waals surface area contributed by atoms with Crippen LogP contribution in [0.2, 0.25) is 0 Å². The van der Waals surface area contributed by atoms with Crippen LogP contribution in [0.15, 0.2) is 48.5 Å². The fraction of sp³-hybridized carbons (Fsp3) is 0.417. The monoisotopic (exact) mass is 409 g/mol. The number of carbonyl (C=O) groups is 2. The summed E-state index contributed by atoms with van der Waals surface area (Å²) in [6.07, 6.45) is 0.802. The number of fused-ring (bicyclic) bond motifs is 1. The number of hydrogen-bond donors (Lipinski definition) is 1. The fourth-order valence-corrected chi connectivity index (χ4v) is 3.63. The third-order valence-corrected chi connectivity index (χ3v) is 5.57. The summed E-state index contributed by atoms with van der Waals surface area (Å²) in [5.41, 5.74) is 2.36. The van der Waals surface area contributed by atoms with Crippen molar-refractivity contribution in [1.82, 2.24) is 9.80 Å². The van der Waals surface area contributed by atoms with Crippen LogP contribution in [0.4, 0.5) is 5.69 Å². The van der Waals surface area contributed by atoms with Crippen LogP contribution in [-0.2, 0) is 11.3 Å². The topological polar surface area (TPSA) is 61.9 Å². The minimum absolute atomic E-state index is 0.0388. The van der Waals surface area contributed by atoms with Crippen molar-refractivity contribution in [3.05, 3.63) is 59.7 Å². The third-order valence-electron chi connectivity index (χ3n) is 5.57. The number of ether oxygens (including phenoxy) is 1. The van der Waals surface area contributed by atoms with Crippen LogP contribution < -0.4 is 10.1 Å². The molecule has 0 saturated carbocycles. The molecule has 1 aliphatic heterocycles. The third kappa shape index (κ3) is 5.00. The summed E-state index contributed by atoms with van der Waals surface area (Å²) in [4.78, 5) is 29.9. The Morgan fingerprint density at radius 2 is 1.87 bits per heavy atom. The Morgan fingerprint density at radius 3 is 2.50 bits per heavy atom. The number of hydrogen-bond acceptors (Lipinski definition) is 4. The van der Waals surface area contributed by atoms with Gasteiger partial charge in [-0.1, -0.05) is 38.5 Å². The van der Waals surface area contributed by atoms with E-state index in [1.165, 1.54) is 0 Å². The van der Waals surface area contributed by atoms with E-state index in [0.717, 1.165) is 24.3 Å². The average molecular weight is 410 g/mol. The average Bonchev–Trinajstić information content (AvgIpc) is 3.05. The van der Waals surface area contributed by atoms with Gasteiger partial charge in [0.1, 0.15) is 18.4 Å². The second kappa shape index (κ2) is 9.76. The van der Waals surface area contributed by atoms with Crippen LogP contribution >= 0.6 is 0 Å². The molecular formula is C24H31N3O3. The molecule has 2 atom stereocenters. The molecule has 1 N–H and O–H groups in total. The molecule has 0 radical (unpaired) electrons. The number of nitrogens with one attached hydrogen (secondary N) is 1. The van der Waals surface area contributed by atoms with E-state index in [2.05, 4.69) is 10.2 Å². The normalized spacial score (nSPS) is 15.1. The van der Waals surface area contributed by atoms with E-state index in [0.29, 0.717) is 24.4 Å². The molecule has 0 spiro atoms. The predicted molar refractivity (Wildman–Crippen MR) is 119 cm³/mol. The molecule has 0 fully saturated rings. The van der Waals surface area contributed by atoms with Gasteiger partial charge in [-0.15, -0.1) is 0 Å². The summed E-state index contributed by atoms with van der Waals surface area (Å²) in [5, 5.41) is 2.99. The molecule has 2 aromatic rings. The molecule has 0 aliphatic carbocycles. The van der Waals surface area contributed by atoms with Crippen molar-refractivity contribution in [2.45, 2.75) is 32.9 Å². The van der Waals surface area contributed by atoms with Crippen molar-refractivity contribution in [2.75, 3.05) is 32.6 Å². The van der Waals surface area contributed by atoms with Crippen LogP contribution in [0.5, 0.6) is 5.75 Å². The Morgan fingerprint density at radius 1 is 1.17 bits per heavy atom. The minimum Gasteiger partial charge on any atom is -0.492 e. The molecule has 6 heteroatoms. The predicted octanol–water partition coefficient (Wildman–Crippen LogP) is 3.64. The Labute approximate surface area is 178 Å². The lowest BCUT2D eigenvalue weighted by Gasteiger charge is -2.31. The minimum atomic E-state index is -0.522. The maximum atomic E-state index is 13.2. The van der Waals surface area contributed by atoms with Gasteiger partial charge in [0, 0.05) is 24.3 Å².